The molecule has 2 rings (SSSR count). The number of nitrogens with two attached hydrogens (primary N) is 1. The van der Waals surface area contributed by atoms with E-state index in [-0.39, 0.29) is 0 Å². The van der Waals surface area contributed by atoms with Crippen LogP contribution in [0.3, 0.4) is 0 Å². The Morgan fingerprint density at radius 3 is 2.94 bits per heavy atom. The SMILES string of the molecule is COc1ncnc(NCC2CCCC2N)c1C. The molecule has 1 aliphatic rings. The number of anilines is 1. The maximum absolute atomic E-state index is 6.04. The van der Waals surface area contributed by atoms with Crippen LogP contribution in [0, 0.1) is 12.8 Å². The fourth-order valence-electron chi connectivity index (χ4n) is 2.36. The van der Waals surface area contributed by atoms with Crippen molar-refractivity contribution in [2.45, 2.75) is 32.2 Å². The number of methoxy groups -OCH3 is 1. The lowest BCUT2D eigenvalue weighted by Gasteiger charge is -2.17. The minimum Gasteiger partial charge on any atom is -0.481 e. The van der Waals surface area contributed by atoms with Crippen molar-refractivity contribution in [2.75, 3.05) is 19.0 Å². The van der Waals surface area contributed by atoms with Gasteiger partial charge in [-0.2, -0.15) is 0 Å². The number of hydrogen-bond donors (Lipinski definition) is 2. The molecular formula is C12H20N4O. The van der Waals surface area contributed by atoms with E-state index in [2.05, 4.69) is 15.3 Å². The second-order valence-corrected chi connectivity index (χ2v) is 4.59. The van der Waals surface area contributed by atoms with E-state index in [1.165, 1.54) is 19.2 Å². The molecule has 17 heavy (non-hydrogen) atoms. The molecule has 0 saturated heterocycles. The van der Waals surface area contributed by atoms with Gasteiger partial charge in [0.05, 0.1) is 12.7 Å². The van der Waals surface area contributed by atoms with Crippen LogP contribution in [-0.2, 0) is 0 Å². The molecule has 2 atom stereocenters. The topological polar surface area (TPSA) is 73.1 Å². The van der Waals surface area contributed by atoms with Crippen molar-refractivity contribution in [3.8, 4) is 5.88 Å². The zero-order valence-corrected chi connectivity index (χ0v) is 10.4. The molecule has 94 valence electrons. The summed E-state index contributed by atoms with van der Waals surface area (Å²) in [6.07, 6.45) is 5.09. The van der Waals surface area contributed by atoms with Gasteiger partial charge in [-0.25, -0.2) is 9.97 Å². The van der Waals surface area contributed by atoms with Gasteiger partial charge in [-0.1, -0.05) is 6.42 Å². The van der Waals surface area contributed by atoms with E-state index in [0.717, 1.165) is 24.3 Å². The molecule has 0 aromatic carbocycles. The Kier molecular flexibility index (Phi) is 3.78. The Hall–Kier alpha value is -1.36. The van der Waals surface area contributed by atoms with Crippen molar-refractivity contribution < 1.29 is 4.74 Å². The minimum absolute atomic E-state index is 0.325. The summed E-state index contributed by atoms with van der Waals surface area (Å²) in [6.45, 7) is 2.83. The van der Waals surface area contributed by atoms with E-state index in [9.17, 15) is 0 Å². The lowest BCUT2D eigenvalue weighted by molar-refractivity contribution is 0.393. The van der Waals surface area contributed by atoms with Crippen LogP contribution in [0.15, 0.2) is 6.33 Å². The average Bonchev–Trinajstić information content (AvgIpc) is 2.74. The first kappa shape index (κ1) is 12.1. The summed E-state index contributed by atoms with van der Waals surface area (Å²) in [4.78, 5) is 8.28. The molecule has 2 unspecified atom stereocenters. The fourth-order valence-corrected chi connectivity index (χ4v) is 2.36. The quantitative estimate of drug-likeness (QED) is 0.825. The van der Waals surface area contributed by atoms with Gasteiger partial charge in [-0.15, -0.1) is 0 Å². The molecule has 1 aromatic rings. The summed E-state index contributed by atoms with van der Waals surface area (Å²) in [5.74, 6) is 2.02. The number of nitrogens with one attached hydrogen (secondary N) is 1. The predicted octanol–water partition coefficient (Wildman–Crippen LogP) is 1.33. The van der Waals surface area contributed by atoms with E-state index < -0.39 is 0 Å². The first-order chi connectivity index (χ1) is 8.22. The van der Waals surface area contributed by atoms with E-state index in [0.29, 0.717) is 17.8 Å². The Balaban J connectivity index is 1.99. The van der Waals surface area contributed by atoms with E-state index >= 15 is 0 Å². The molecule has 1 heterocycles. The third-order valence-corrected chi connectivity index (χ3v) is 3.48. The number of nitrogens with zero attached hydrogens (tertiary/aromatic N) is 2. The zero-order valence-electron chi connectivity index (χ0n) is 10.4. The molecule has 0 bridgehead atoms. The maximum atomic E-state index is 6.04. The van der Waals surface area contributed by atoms with Gasteiger partial charge in [0.1, 0.15) is 12.1 Å². The Morgan fingerprint density at radius 2 is 2.29 bits per heavy atom. The number of ether oxygens (including phenoxy) is 1. The minimum atomic E-state index is 0.325. The second-order valence-electron chi connectivity index (χ2n) is 4.59. The van der Waals surface area contributed by atoms with Crippen LogP contribution in [-0.4, -0.2) is 29.7 Å². The lowest BCUT2D eigenvalue weighted by atomic mass is 10.0. The molecular weight excluding hydrogens is 216 g/mol. The zero-order chi connectivity index (χ0) is 12.3. The third kappa shape index (κ3) is 2.66. The molecule has 0 spiro atoms. The van der Waals surface area contributed by atoms with Crippen LogP contribution in [0.1, 0.15) is 24.8 Å². The van der Waals surface area contributed by atoms with Crippen LogP contribution in [0.5, 0.6) is 5.88 Å². The normalized spacial score (nSPS) is 23.7. The first-order valence-corrected chi connectivity index (χ1v) is 6.07. The molecule has 5 nitrogen and oxygen atoms in total. The smallest absolute Gasteiger partial charge is 0.221 e. The van der Waals surface area contributed by atoms with Crippen molar-refractivity contribution >= 4 is 5.82 Å². The highest BCUT2D eigenvalue weighted by atomic mass is 16.5. The number of aromatic nitrogens is 2. The highest BCUT2D eigenvalue weighted by Crippen LogP contribution is 2.25. The first-order valence-electron chi connectivity index (χ1n) is 6.07. The molecule has 1 aliphatic carbocycles. The Morgan fingerprint density at radius 1 is 1.47 bits per heavy atom. The van der Waals surface area contributed by atoms with E-state index in [1.54, 1.807) is 7.11 Å². The van der Waals surface area contributed by atoms with Crippen molar-refractivity contribution in [3.63, 3.8) is 0 Å². The fraction of sp³-hybridized carbons (Fsp3) is 0.667. The van der Waals surface area contributed by atoms with Crippen molar-refractivity contribution in [2.24, 2.45) is 11.7 Å². The molecule has 0 amide bonds. The summed E-state index contributed by atoms with van der Waals surface area (Å²) in [5.41, 5.74) is 6.99. The average molecular weight is 236 g/mol. The van der Waals surface area contributed by atoms with Crippen LogP contribution >= 0.6 is 0 Å². The van der Waals surface area contributed by atoms with Gasteiger partial charge in [0.2, 0.25) is 5.88 Å². The molecule has 5 heteroatoms. The van der Waals surface area contributed by atoms with Gasteiger partial charge in [-0.05, 0) is 25.7 Å². The Bertz CT molecular complexity index is 383. The summed E-state index contributed by atoms with van der Waals surface area (Å²) in [5, 5.41) is 3.35. The summed E-state index contributed by atoms with van der Waals surface area (Å²) >= 11 is 0. The molecule has 1 aromatic heterocycles. The van der Waals surface area contributed by atoms with E-state index in [4.69, 9.17) is 10.5 Å². The highest BCUT2D eigenvalue weighted by Gasteiger charge is 2.23. The Labute approximate surface area is 102 Å². The molecule has 1 fully saturated rings. The standard InChI is InChI=1S/C12H20N4O/c1-8-11(15-7-16-12(8)17-2)14-6-9-4-3-5-10(9)13/h7,9-10H,3-6,13H2,1-2H3,(H,14,15,16). The van der Waals surface area contributed by atoms with Gasteiger partial charge < -0.3 is 15.8 Å². The molecule has 0 radical (unpaired) electrons. The summed E-state index contributed by atoms with van der Waals surface area (Å²) < 4.78 is 5.16. The van der Waals surface area contributed by atoms with Gasteiger partial charge in [-0.3, -0.25) is 0 Å². The van der Waals surface area contributed by atoms with Crippen LogP contribution in [0.4, 0.5) is 5.82 Å². The van der Waals surface area contributed by atoms with Crippen molar-refractivity contribution in [1.29, 1.82) is 0 Å². The van der Waals surface area contributed by atoms with Gasteiger partial charge >= 0.3 is 0 Å². The predicted molar refractivity (Wildman–Crippen MR) is 67.1 cm³/mol. The van der Waals surface area contributed by atoms with Gasteiger partial charge in [0.15, 0.2) is 0 Å². The third-order valence-electron chi connectivity index (χ3n) is 3.48. The van der Waals surface area contributed by atoms with Gasteiger partial charge in [0.25, 0.3) is 0 Å². The van der Waals surface area contributed by atoms with Crippen molar-refractivity contribution in [1.82, 2.24) is 9.97 Å². The number of hydrogen-bond acceptors (Lipinski definition) is 5. The van der Waals surface area contributed by atoms with Crippen LogP contribution in [0.2, 0.25) is 0 Å². The maximum Gasteiger partial charge on any atom is 0.221 e. The molecule has 1 saturated carbocycles. The summed E-state index contributed by atoms with van der Waals surface area (Å²) in [7, 11) is 1.62. The van der Waals surface area contributed by atoms with Crippen LogP contribution in [0.25, 0.3) is 0 Å². The molecule has 0 aliphatic heterocycles. The lowest BCUT2D eigenvalue weighted by Crippen LogP contribution is -2.30. The van der Waals surface area contributed by atoms with Crippen LogP contribution < -0.4 is 15.8 Å². The van der Waals surface area contributed by atoms with Crippen molar-refractivity contribution in [3.05, 3.63) is 11.9 Å². The second kappa shape index (κ2) is 5.31. The van der Waals surface area contributed by atoms with Gasteiger partial charge in [0, 0.05) is 12.6 Å². The molecule has 3 N–H and O–H groups in total. The van der Waals surface area contributed by atoms with E-state index in [1.807, 2.05) is 6.92 Å². The number of rotatable bonds is 4. The largest absolute Gasteiger partial charge is 0.481 e. The summed E-state index contributed by atoms with van der Waals surface area (Å²) in [6, 6.07) is 0.325. The monoisotopic (exact) mass is 236 g/mol. The highest BCUT2D eigenvalue weighted by molar-refractivity contribution is 5.47.